The molecule has 0 spiro atoms. The average Bonchev–Trinajstić information content (AvgIpc) is 3.56. The Hall–Kier alpha value is -3.75. The number of tetrazole rings is 1. The summed E-state index contributed by atoms with van der Waals surface area (Å²) < 4.78 is 13.0. The molecule has 1 aromatic heterocycles. The van der Waals surface area contributed by atoms with Crippen LogP contribution in [0.2, 0.25) is 0 Å². The van der Waals surface area contributed by atoms with Gasteiger partial charge in [-0.05, 0) is 46.2 Å². The zero-order chi connectivity index (χ0) is 24.3. The Bertz CT molecular complexity index is 1300. The molecule has 0 N–H and O–H groups in total. The maximum Gasteiger partial charge on any atom is 0.231 e. The third-order valence-electron chi connectivity index (χ3n) is 6.99. The smallest absolute Gasteiger partial charge is 0.231 e. The van der Waals surface area contributed by atoms with Crippen LogP contribution in [-0.4, -0.2) is 63.0 Å². The lowest BCUT2D eigenvalue weighted by atomic mass is 10.0. The van der Waals surface area contributed by atoms with Gasteiger partial charge in [-0.1, -0.05) is 66.2 Å². The summed E-state index contributed by atoms with van der Waals surface area (Å²) in [6.07, 6.45) is 0. The first-order chi connectivity index (χ1) is 17.7. The summed E-state index contributed by atoms with van der Waals surface area (Å²) in [5, 5.41) is 13.0. The lowest BCUT2D eigenvalue weighted by Crippen LogP contribution is -2.48. The normalized spacial score (nSPS) is 16.8. The highest BCUT2D eigenvalue weighted by Crippen LogP contribution is 2.33. The molecule has 0 bridgehead atoms. The van der Waals surface area contributed by atoms with Gasteiger partial charge in [0.05, 0.1) is 12.6 Å². The maximum atomic E-state index is 5.56. The Kier molecular flexibility index (Phi) is 6.36. The van der Waals surface area contributed by atoms with Crippen LogP contribution in [0.4, 0.5) is 0 Å². The van der Waals surface area contributed by atoms with Crippen molar-refractivity contribution >= 4 is 0 Å². The molecule has 0 radical (unpaired) electrons. The molecule has 4 aromatic rings. The van der Waals surface area contributed by atoms with Crippen LogP contribution in [0.5, 0.6) is 11.5 Å². The quantitative estimate of drug-likeness (QED) is 0.398. The van der Waals surface area contributed by atoms with Crippen molar-refractivity contribution in [1.29, 1.82) is 0 Å². The zero-order valence-corrected chi connectivity index (χ0v) is 20.5. The number of ether oxygens (including phenoxy) is 2. The van der Waals surface area contributed by atoms with Crippen LogP contribution < -0.4 is 9.47 Å². The SMILES string of the molecule is Cc1ccc(C(c2nnnn2Cc2ccccc2)N2CCN(Cc3ccc4c(c3)OCO4)CC2)cc1. The predicted octanol–water partition coefficient (Wildman–Crippen LogP) is 3.67. The minimum atomic E-state index is -0.00277. The van der Waals surface area contributed by atoms with E-state index in [1.807, 2.05) is 16.8 Å². The number of benzene rings is 3. The maximum absolute atomic E-state index is 5.56. The molecule has 3 aromatic carbocycles. The van der Waals surface area contributed by atoms with E-state index in [1.165, 1.54) is 22.3 Å². The predicted molar refractivity (Wildman–Crippen MR) is 136 cm³/mol. The van der Waals surface area contributed by atoms with E-state index >= 15 is 0 Å². The van der Waals surface area contributed by atoms with E-state index in [9.17, 15) is 0 Å². The van der Waals surface area contributed by atoms with Gasteiger partial charge < -0.3 is 9.47 Å². The summed E-state index contributed by atoms with van der Waals surface area (Å²) in [5.74, 6) is 2.56. The molecule has 184 valence electrons. The Balaban J connectivity index is 1.21. The van der Waals surface area contributed by atoms with E-state index in [-0.39, 0.29) is 6.04 Å². The molecule has 1 fully saturated rings. The summed E-state index contributed by atoms with van der Waals surface area (Å²) >= 11 is 0. The van der Waals surface area contributed by atoms with E-state index in [4.69, 9.17) is 9.47 Å². The second kappa shape index (κ2) is 10.1. The lowest BCUT2D eigenvalue weighted by Gasteiger charge is -2.39. The monoisotopic (exact) mass is 482 g/mol. The fourth-order valence-electron chi connectivity index (χ4n) is 5.03. The molecule has 0 amide bonds. The van der Waals surface area contributed by atoms with E-state index in [0.717, 1.165) is 50.0 Å². The van der Waals surface area contributed by atoms with E-state index in [1.54, 1.807) is 0 Å². The van der Waals surface area contributed by atoms with Gasteiger partial charge in [0.25, 0.3) is 0 Å². The standard InChI is InChI=1S/C28H30N6O2/c1-21-7-10-24(11-8-21)27(28-29-30-31-34(28)19-22-5-3-2-4-6-22)33-15-13-32(14-16-33)18-23-9-12-25-26(17-23)36-20-35-25/h2-12,17,27H,13-16,18-20H2,1H3. The van der Waals surface area contributed by atoms with E-state index in [0.29, 0.717) is 13.3 Å². The number of fused-ring (bicyclic) bond motifs is 1. The molecule has 6 rings (SSSR count). The van der Waals surface area contributed by atoms with Crippen LogP contribution in [0.3, 0.4) is 0 Å². The van der Waals surface area contributed by atoms with Gasteiger partial charge in [0.15, 0.2) is 17.3 Å². The van der Waals surface area contributed by atoms with Gasteiger partial charge in [-0.3, -0.25) is 9.80 Å². The van der Waals surface area contributed by atoms with Gasteiger partial charge in [-0.15, -0.1) is 5.10 Å². The molecule has 8 heteroatoms. The van der Waals surface area contributed by atoms with Crippen molar-refractivity contribution in [1.82, 2.24) is 30.0 Å². The molecule has 3 heterocycles. The van der Waals surface area contributed by atoms with E-state index in [2.05, 4.69) is 92.9 Å². The number of nitrogens with zero attached hydrogens (tertiary/aromatic N) is 6. The first-order valence-electron chi connectivity index (χ1n) is 12.4. The molecular weight excluding hydrogens is 452 g/mol. The van der Waals surface area contributed by atoms with E-state index < -0.39 is 0 Å². The highest BCUT2D eigenvalue weighted by molar-refractivity contribution is 5.44. The largest absolute Gasteiger partial charge is 0.454 e. The van der Waals surface area contributed by atoms with Crippen molar-refractivity contribution in [2.45, 2.75) is 26.1 Å². The molecule has 2 aliphatic heterocycles. The number of aryl methyl sites for hydroxylation is 1. The molecule has 1 saturated heterocycles. The summed E-state index contributed by atoms with van der Waals surface area (Å²) in [5.41, 5.74) is 4.89. The molecule has 1 unspecified atom stereocenters. The molecule has 0 saturated carbocycles. The molecule has 1 atom stereocenters. The Morgan fingerprint density at radius 3 is 2.39 bits per heavy atom. The number of hydrogen-bond donors (Lipinski definition) is 0. The second-order valence-electron chi connectivity index (χ2n) is 9.49. The Morgan fingerprint density at radius 1 is 0.806 bits per heavy atom. The van der Waals surface area contributed by atoms with Crippen molar-refractivity contribution in [2.24, 2.45) is 0 Å². The van der Waals surface area contributed by atoms with Crippen molar-refractivity contribution in [3.63, 3.8) is 0 Å². The molecule has 36 heavy (non-hydrogen) atoms. The average molecular weight is 483 g/mol. The second-order valence-corrected chi connectivity index (χ2v) is 9.49. The van der Waals surface area contributed by atoms with Crippen molar-refractivity contribution < 1.29 is 9.47 Å². The third kappa shape index (κ3) is 4.82. The lowest BCUT2D eigenvalue weighted by molar-refractivity contribution is 0.100. The Morgan fingerprint density at radius 2 is 1.58 bits per heavy atom. The van der Waals surface area contributed by atoms with Crippen LogP contribution in [-0.2, 0) is 13.1 Å². The third-order valence-corrected chi connectivity index (χ3v) is 6.99. The van der Waals surface area contributed by atoms with Gasteiger partial charge >= 0.3 is 0 Å². The zero-order valence-electron chi connectivity index (χ0n) is 20.5. The number of hydrogen-bond acceptors (Lipinski definition) is 7. The highest BCUT2D eigenvalue weighted by Gasteiger charge is 2.30. The first-order valence-corrected chi connectivity index (χ1v) is 12.4. The summed E-state index contributed by atoms with van der Waals surface area (Å²) in [6.45, 7) is 7.77. The minimum absolute atomic E-state index is 0.00277. The van der Waals surface area contributed by atoms with Gasteiger partial charge in [-0.2, -0.15) is 0 Å². The van der Waals surface area contributed by atoms with Crippen molar-refractivity contribution in [3.05, 3.63) is 101 Å². The van der Waals surface area contributed by atoms with Crippen LogP contribution >= 0.6 is 0 Å². The molecular formula is C28H30N6O2. The minimum Gasteiger partial charge on any atom is -0.454 e. The van der Waals surface area contributed by atoms with Gasteiger partial charge in [0, 0.05) is 32.7 Å². The number of aromatic nitrogens is 4. The van der Waals surface area contributed by atoms with Crippen LogP contribution in [0, 0.1) is 6.92 Å². The topological polar surface area (TPSA) is 68.5 Å². The van der Waals surface area contributed by atoms with Gasteiger partial charge in [-0.25, -0.2) is 4.68 Å². The molecule has 8 nitrogen and oxygen atoms in total. The number of rotatable bonds is 7. The Labute approximate surface area is 211 Å². The number of piperazine rings is 1. The summed E-state index contributed by atoms with van der Waals surface area (Å²) in [7, 11) is 0. The van der Waals surface area contributed by atoms with Crippen molar-refractivity contribution in [2.75, 3.05) is 33.0 Å². The fourth-order valence-corrected chi connectivity index (χ4v) is 5.03. The van der Waals surface area contributed by atoms with Gasteiger partial charge in [0.1, 0.15) is 0 Å². The molecule has 2 aliphatic rings. The van der Waals surface area contributed by atoms with Crippen LogP contribution in [0.25, 0.3) is 0 Å². The van der Waals surface area contributed by atoms with Crippen LogP contribution in [0.1, 0.15) is 34.1 Å². The summed E-state index contributed by atoms with van der Waals surface area (Å²) in [6, 6.07) is 25.4. The summed E-state index contributed by atoms with van der Waals surface area (Å²) in [4.78, 5) is 5.00. The van der Waals surface area contributed by atoms with Crippen LogP contribution in [0.15, 0.2) is 72.8 Å². The molecule has 0 aliphatic carbocycles. The highest BCUT2D eigenvalue weighted by atomic mass is 16.7. The van der Waals surface area contributed by atoms with Gasteiger partial charge in [0.2, 0.25) is 6.79 Å². The first kappa shape index (κ1) is 22.7. The van der Waals surface area contributed by atoms with Crippen molar-refractivity contribution in [3.8, 4) is 11.5 Å². The fraction of sp³-hybridized carbons (Fsp3) is 0.321.